The largest absolute Gasteiger partial charge is 0.457 e. The standard InChI is InChI=1S/C29H33NO4S/c1-7-8-19-30(35(32,33)26-17-13-21(2)14-18-26)27(22(3)28(31)34-29(4,5)6)25-16-15-23-11-9-10-12-24(23)20-25/h7,9-18,20,27H,1,3,8,19H2,2,4-6H3/t27-/m1/s1. The number of hydrogen-bond donors (Lipinski definition) is 0. The topological polar surface area (TPSA) is 63.7 Å². The highest BCUT2D eigenvalue weighted by molar-refractivity contribution is 7.89. The summed E-state index contributed by atoms with van der Waals surface area (Å²) in [6, 6.07) is 19.2. The van der Waals surface area contributed by atoms with Crippen molar-refractivity contribution in [3.63, 3.8) is 0 Å². The predicted molar refractivity (Wildman–Crippen MR) is 142 cm³/mol. The molecule has 0 bridgehead atoms. The second-order valence-electron chi connectivity index (χ2n) is 9.54. The van der Waals surface area contributed by atoms with Gasteiger partial charge in [-0.1, -0.05) is 66.7 Å². The van der Waals surface area contributed by atoms with Gasteiger partial charge in [0.05, 0.1) is 16.5 Å². The normalized spacial score (nSPS) is 12.9. The SMILES string of the molecule is C=CCCN([C@H](C(=C)C(=O)OC(C)(C)C)c1ccc2ccccc2c1)S(=O)(=O)c1ccc(C)cc1. The zero-order chi connectivity index (χ0) is 25.8. The van der Waals surface area contributed by atoms with Crippen molar-refractivity contribution in [2.75, 3.05) is 6.54 Å². The van der Waals surface area contributed by atoms with Gasteiger partial charge in [0.25, 0.3) is 0 Å². The second-order valence-corrected chi connectivity index (χ2v) is 11.4. The van der Waals surface area contributed by atoms with Crippen molar-refractivity contribution < 1.29 is 17.9 Å². The van der Waals surface area contributed by atoms with E-state index in [9.17, 15) is 13.2 Å². The van der Waals surface area contributed by atoms with Gasteiger partial charge in [-0.05, 0) is 68.7 Å². The molecule has 0 heterocycles. The molecule has 0 N–H and O–H groups in total. The summed E-state index contributed by atoms with van der Waals surface area (Å²) in [5.74, 6) is -0.640. The van der Waals surface area contributed by atoms with Gasteiger partial charge in [-0.15, -0.1) is 6.58 Å². The average Bonchev–Trinajstić information content (AvgIpc) is 2.80. The number of benzene rings is 3. The summed E-state index contributed by atoms with van der Waals surface area (Å²) in [4.78, 5) is 13.3. The van der Waals surface area contributed by atoms with Crippen molar-refractivity contribution in [2.24, 2.45) is 0 Å². The lowest BCUT2D eigenvalue weighted by Gasteiger charge is -2.33. The molecular formula is C29H33NO4S. The van der Waals surface area contributed by atoms with Crippen molar-refractivity contribution in [3.05, 3.63) is 103 Å². The Kier molecular flexibility index (Phi) is 7.98. The van der Waals surface area contributed by atoms with Crippen molar-refractivity contribution in [1.29, 1.82) is 0 Å². The van der Waals surface area contributed by atoms with Crippen LogP contribution in [0.3, 0.4) is 0 Å². The fraction of sp³-hybridized carbons (Fsp3) is 0.276. The van der Waals surface area contributed by atoms with E-state index in [0.29, 0.717) is 12.0 Å². The first-order valence-corrected chi connectivity index (χ1v) is 13.0. The summed E-state index contributed by atoms with van der Waals surface area (Å²) in [5, 5.41) is 1.94. The van der Waals surface area contributed by atoms with E-state index in [1.54, 1.807) is 51.1 Å². The fourth-order valence-corrected chi connectivity index (χ4v) is 5.45. The first kappa shape index (κ1) is 26.4. The molecule has 0 aliphatic heterocycles. The molecule has 0 saturated carbocycles. The number of nitrogens with zero attached hydrogens (tertiary/aromatic N) is 1. The van der Waals surface area contributed by atoms with Crippen LogP contribution in [0.2, 0.25) is 0 Å². The maximum atomic E-state index is 13.9. The summed E-state index contributed by atoms with van der Waals surface area (Å²) >= 11 is 0. The monoisotopic (exact) mass is 491 g/mol. The number of carbonyl (C=O) groups excluding carboxylic acids is 1. The Morgan fingerprint density at radius 2 is 1.66 bits per heavy atom. The van der Waals surface area contributed by atoms with Gasteiger partial charge >= 0.3 is 5.97 Å². The summed E-state index contributed by atoms with van der Waals surface area (Å²) in [6.07, 6.45) is 2.06. The van der Waals surface area contributed by atoms with Crippen LogP contribution in [0.25, 0.3) is 10.8 Å². The molecule has 5 nitrogen and oxygen atoms in total. The molecule has 184 valence electrons. The minimum Gasteiger partial charge on any atom is -0.457 e. The smallest absolute Gasteiger partial charge is 0.335 e. The molecule has 0 unspecified atom stereocenters. The zero-order valence-electron chi connectivity index (χ0n) is 20.8. The average molecular weight is 492 g/mol. The van der Waals surface area contributed by atoms with Gasteiger partial charge < -0.3 is 4.74 Å². The lowest BCUT2D eigenvalue weighted by molar-refractivity contribution is -0.150. The molecule has 0 aliphatic rings. The number of ether oxygens (including phenoxy) is 1. The molecule has 0 saturated heterocycles. The maximum Gasteiger partial charge on any atom is 0.335 e. The Morgan fingerprint density at radius 1 is 1.03 bits per heavy atom. The number of rotatable bonds is 9. The van der Waals surface area contributed by atoms with E-state index in [4.69, 9.17) is 4.74 Å². The highest BCUT2D eigenvalue weighted by atomic mass is 32.2. The quantitative estimate of drug-likeness (QED) is 0.199. The molecule has 0 aromatic heterocycles. The molecule has 0 aliphatic carbocycles. The Labute approximate surface area is 208 Å². The third-order valence-electron chi connectivity index (χ3n) is 5.55. The van der Waals surface area contributed by atoms with Crippen molar-refractivity contribution in [3.8, 4) is 0 Å². The molecule has 3 aromatic carbocycles. The van der Waals surface area contributed by atoms with Gasteiger partial charge in [0.1, 0.15) is 5.60 Å². The van der Waals surface area contributed by atoms with Gasteiger partial charge in [0, 0.05) is 6.54 Å². The molecule has 0 radical (unpaired) electrons. The van der Waals surface area contributed by atoms with Gasteiger partial charge in [-0.3, -0.25) is 0 Å². The maximum absolute atomic E-state index is 13.9. The van der Waals surface area contributed by atoms with E-state index in [2.05, 4.69) is 13.2 Å². The molecule has 0 fully saturated rings. The molecular weight excluding hydrogens is 458 g/mol. The van der Waals surface area contributed by atoms with Crippen molar-refractivity contribution in [1.82, 2.24) is 4.31 Å². The van der Waals surface area contributed by atoms with Crippen LogP contribution < -0.4 is 0 Å². The van der Waals surface area contributed by atoms with E-state index in [0.717, 1.165) is 16.3 Å². The van der Waals surface area contributed by atoms with E-state index in [-0.39, 0.29) is 17.0 Å². The lowest BCUT2D eigenvalue weighted by Crippen LogP contribution is -2.39. The Balaban J connectivity index is 2.20. The summed E-state index contributed by atoms with van der Waals surface area (Å²) in [5.41, 5.74) is 0.885. The number of hydrogen-bond acceptors (Lipinski definition) is 4. The number of carbonyl (C=O) groups is 1. The van der Waals surface area contributed by atoms with Crippen LogP contribution in [0.4, 0.5) is 0 Å². The predicted octanol–water partition coefficient (Wildman–Crippen LogP) is 6.35. The molecule has 3 aromatic rings. The van der Waals surface area contributed by atoms with E-state index in [1.165, 1.54) is 4.31 Å². The Morgan fingerprint density at radius 3 is 2.26 bits per heavy atom. The first-order chi connectivity index (χ1) is 16.4. The number of fused-ring (bicyclic) bond motifs is 1. The molecule has 1 atom stereocenters. The van der Waals surface area contributed by atoms with Crippen LogP contribution in [0.5, 0.6) is 0 Å². The first-order valence-electron chi connectivity index (χ1n) is 11.5. The van der Waals surface area contributed by atoms with Crippen LogP contribution in [-0.4, -0.2) is 30.8 Å². The number of aryl methyl sites for hydroxylation is 1. The van der Waals surface area contributed by atoms with E-state index < -0.39 is 27.6 Å². The Hall–Kier alpha value is -3.22. The summed E-state index contributed by atoms with van der Waals surface area (Å²) in [6.45, 7) is 15.1. The summed E-state index contributed by atoms with van der Waals surface area (Å²) < 4.78 is 34.8. The van der Waals surface area contributed by atoms with Gasteiger partial charge in [0.2, 0.25) is 10.0 Å². The van der Waals surface area contributed by atoms with Crippen LogP contribution in [0.1, 0.15) is 44.4 Å². The second kappa shape index (κ2) is 10.6. The van der Waals surface area contributed by atoms with Crippen molar-refractivity contribution >= 4 is 26.8 Å². The summed E-state index contributed by atoms with van der Waals surface area (Å²) in [7, 11) is -4.00. The highest BCUT2D eigenvalue weighted by Gasteiger charge is 2.37. The van der Waals surface area contributed by atoms with Crippen LogP contribution >= 0.6 is 0 Å². The zero-order valence-corrected chi connectivity index (χ0v) is 21.6. The number of esters is 1. The van der Waals surface area contributed by atoms with Crippen LogP contribution in [0, 0.1) is 6.92 Å². The molecule has 0 amide bonds. The van der Waals surface area contributed by atoms with E-state index >= 15 is 0 Å². The van der Waals surface area contributed by atoms with Crippen molar-refractivity contribution in [2.45, 2.75) is 50.7 Å². The highest BCUT2D eigenvalue weighted by Crippen LogP contribution is 2.36. The van der Waals surface area contributed by atoms with Gasteiger partial charge in [0.15, 0.2) is 0 Å². The minimum atomic E-state index is -4.00. The molecule has 6 heteroatoms. The molecule has 0 spiro atoms. The van der Waals surface area contributed by atoms with Gasteiger partial charge in [-0.2, -0.15) is 4.31 Å². The Bertz CT molecular complexity index is 1340. The van der Waals surface area contributed by atoms with E-state index in [1.807, 2.05) is 49.4 Å². The lowest BCUT2D eigenvalue weighted by atomic mass is 9.96. The van der Waals surface area contributed by atoms with Crippen LogP contribution in [-0.2, 0) is 19.6 Å². The molecule has 3 rings (SSSR count). The number of sulfonamides is 1. The molecule has 35 heavy (non-hydrogen) atoms. The van der Waals surface area contributed by atoms with Gasteiger partial charge in [-0.25, -0.2) is 13.2 Å². The fourth-order valence-electron chi connectivity index (χ4n) is 3.83. The van der Waals surface area contributed by atoms with Crippen LogP contribution in [0.15, 0.2) is 96.4 Å². The third-order valence-corrected chi connectivity index (χ3v) is 7.43. The minimum absolute atomic E-state index is 0.0509. The third kappa shape index (κ3) is 6.27.